The molecule has 6 heteroatoms. The molecule has 0 aliphatic carbocycles. The predicted molar refractivity (Wildman–Crippen MR) is 56.6 cm³/mol. The third-order valence-electron chi connectivity index (χ3n) is 2.98. The van der Waals surface area contributed by atoms with Gasteiger partial charge in [0.25, 0.3) is 0 Å². The van der Waals surface area contributed by atoms with E-state index in [4.69, 9.17) is 5.11 Å². The van der Waals surface area contributed by atoms with E-state index in [1.807, 2.05) is 0 Å². The van der Waals surface area contributed by atoms with Gasteiger partial charge in [-0.2, -0.15) is 0 Å². The van der Waals surface area contributed by atoms with E-state index in [9.17, 15) is 13.2 Å². The van der Waals surface area contributed by atoms with Crippen LogP contribution in [0.15, 0.2) is 0 Å². The highest BCUT2D eigenvalue weighted by Gasteiger charge is 2.43. The largest absolute Gasteiger partial charge is 0.480 e. The van der Waals surface area contributed by atoms with Crippen molar-refractivity contribution in [1.82, 2.24) is 4.90 Å². The zero-order valence-electron chi connectivity index (χ0n) is 9.06. The molecule has 1 fully saturated rings. The fourth-order valence-corrected chi connectivity index (χ4v) is 2.45. The van der Waals surface area contributed by atoms with Gasteiger partial charge in [0, 0.05) is 12.8 Å². The van der Waals surface area contributed by atoms with Gasteiger partial charge in [-0.1, -0.05) is 0 Å². The molecule has 0 amide bonds. The molecule has 0 aromatic heterocycles. The molecule has 0 aromatic carbocycles. The highest BCUT2D eigenvalue weighted by molar-refractivity contribution is 7.90. The van der Waals surface area contributed by atoms with Crippen LogP contribution >= 0.6 is 0 Å². The average molecular weight is 235 g/mol. The summed E-state index contributed by atoms with van der Waals surface area (Å²) >= 11 is 0. The van der Waals surface area contributed by atoms with Crippen molar-refractivity contribution < 1.29 is 18.3 Å². The van der Waals surface area contributed by atoms with Crippen molar-refractivity contribution in [2.45, 2.75) is 25.3 Å². The number of sulfone groups is 1. The summed E-state index contributed by atoms with van der Waals surface area (Å²) < 4.78 is 22.0. The molecule has 5 nitrogen and oxygen atoms in total. The highest BCUT2D eigenvalue weighted by atomic mass is 32.2. The van der Waals surface area contributed by atoms with Crippen LogP contribution in [0.2, 0.25) is 0 Å². The van der Waals surface area contributed by atoms with Gasteiger partial charge in [-0.3, -0.25) is 9.69 Å². The van der Waals surface area contributed by atoms with Crippen molar-refractivity contribution in [3.63, 3.8) is 0 Å². The lowest BCUT2D eigenvalue weighted by molar-refractivity contribution is -0.148. The van der Waals surface area contributed by atoms with E-state index in [0.717, 1.165) is 6.42 Å². The van der Waals surface area contributed by atoms with Crippen molar-refractivity contribution >= 4 is 15.8 Å². The molecule has 1 aliphatic rings. The van der Waals surface area contributed by atoms with Gasteiger partial charge in [0.15, 0.2) is 0 Å². The first-order chi connectivity index (χ1) is 6.76. The number of carboxylic acid groups (broad SMARTS) is 1. The SMILES string of the molecule is CC1(C(=O)O)CCCN1CCS(C)(=O)=O. The second-order valence-electron chi connectivity index (χ2n) is 4.30. The van der Waals surface area contributed by atoms with Crippen LogP contribution in [0.4, 0.5) is 0 Å². The highest BCUT2D eigenvalue weighted by Crippen LogP contribution is 2.28. The molecular weight excluding hydrogens is 218 g/mol. The number of rotatable bonds is 4. The van der Waals surface area contributed by atoms with Crippen LogP contribution in [0, 0.1) is 0 Å². The Morgan fingerprint density at radius 1 is 1.53 bits per heavy atom. The monoisotopic (exact) mass is 235 g/mol. The first-order valence-corrected chi connectivity index (χ1v) is 6.98. The number of carbonyl (C=O) groups is 1. The Kier molecular flexibility index (Phi) is 3.40. The van der Waals surface area contributed by atoms with Crippen molar-refractivity contribution in [2.75, 3.05) is 25.1 Å². The quantitative estimate of drug-likeness (QED) is 0.740. The summed E-state index contributed by atoms with van der Waals surface area (Å²) in [5.74, 6) is -0.843. The molecule has 1 saturated heterocycles. The number of aliphatic carboxylic acids is 1. The maximum absolute atomic E-state index is 11.1. The number of nitrogens with zero attached hydrogens (tertiary/aromatic N) is 1. The summed E-state index contributed by atoms with van der Waals surface area (Å²) in [7, 11) is -3.02. The van der Waals surface area contributed by atoms with Crippen molar-refractivity contribution in [2.24, 2.45) is 0 Å². The Bertz CT molecular complexity index is 351. The van der Waals surface area contributed by atoms with Crippen LogP contribution < -0.4 is 0 Å². The van der Waals surface area contributed by atoms with Crippen molar-refractivity contribution in [3.8, 4) is 0 Å². The zero-order chi connectivity index (χ0) is 11.7. The van der Waals surface area contributed by atoms with E-state index in [0.29, 0.717) is 19.5 Å². The van der Waals surface area contributed by atoms with Gasteiger partial charge < -0.3 is 5.11 Å². The van der Waals surface area contributed by atoms with Gasteiger partial charge in [0.05, 0.1) is 5.75 Å². The zero-order valence-corrected chi connectivity index (χ0v) is 9.88. The molecule has 0 saturated carbocycles. The van der Waals surface area contributed by atoms with Gasteiger partial charge in [0.1, 0.15) is 15.4 Å². The second kappa shape index (κ2) is 4.09. The molecule has 1 heterocycles. The first kappa shape index (κ1) is 12.4. The van der Waals surface area contributed by atoms with Crippen LogP contribution in [-0.4, -0.2) is 55.0 Å². The normalized spacial score (nSPS) is 28.1. The predicted octanol–water partition coefficient (Wildman–Crippen LogP) is -0.0299. The van der Waals surface area contributed by atoms with Crippen LogP contribution in [0.3, 0.4) is 0 Å². The number of carboxylic acids is 1. The Labute approximate surface area is 90.0 Å². The van der Waals surface area contributed by atoms with Crippen LogP contribution in [-0.2, 0) is 14.6 Å². The van der Waals surface area contributed by atoms with E-state index in [-0.39, 0.29) is 5.75 Å². The third-order valence-corrected chi connectivity index (χ3v) is 3.91. The third kappa shape index (κ3) is 2.92. The standard InChI is InChI=1S/C9H17NO4S/c1-9(8(11)12)4-3-5-10(9)6-7-15(2,13)14/h3-7H2,1-2H3,(H,11,12). The van der Waals surface area contributed by atoms with E-state index in [1.54, 1.807) is 11.8 Å². The van der Waals surface area contributed by atoms with Crippen molar-refractivity contribution in [3.05, 3.63) is 0 Å². The summed E-state index contributed by atoms with van der Waals surface area (Å²) in [6, 6.07) is 0. The fourth-order valence-electron chi connectivity index (χ4n) is 1.90. The van der Waals surface area contributed by atoms with Gasteiger partial charge >= 0.3 is 5.97 Å². The lowest BCUT2D eigenvalue weighted by Gasteiger charge is -2.30. The molecule has 0 bridgehead atoms. The lowest BCUT2D eigenvalue weighted by atomic mass is 9.99. The van der Waals surface area contributed by atoms with Gasteiger partial charge in [-0.15, -0.1) is 0 Å². The Balaban J connectivity index is 2.66. The molecule has 15 heavy (non-hydrogen) atoms. The van der Waals surface area contributed by atoms with Crippen LogP contribution in [0.5, 0.6) is 0 Å². The summed E-state index contributed by atoms with van der Waals surface area (Å²) in [6.45, 7) is 2.63. The Morgan fingerprint density at radius 2 is 2.13 bits per heavy atom. The number of hydrogen-bond donors (Lipinski definition) is 1. The van der Waals surface area contributed by atoms with Gasteiger partial charge in [0.2, 0.25) is 0 Å². The summed E-state index contributed by atoms with van der Waals surface area (Å²) in [5, 5.41) is 9.08. The maximum Gasteiger partial charge on any atom is 0.323 e. The minimum atomic E-state index is -3.02. The lowest BCUT2D eigenvalue weighted by Crippen LogP contribution is -2.49. The molecule has 1 N–H and O–H groups in total. The minimum absolute atomic E-state index is 0.0237. The van der Waals surface area contributed by atoms with E-state index < -0.39 is 21.3 Å². The average Bonchev–Trinajstić information content (AvgIpc) is 2.44. The number of likely N-dealkylation sites (tertiary alicyclic amines) is 1. The molecule has 1 aliphatic heterocycles. The van der Waals surface area contributed by atoms with E-state index in [2.05, 4.69) is 0 Å². The fraction of sp³-hybridized carbons (Fsp3) is 0.889. The molecule has 88 valence electrons. The molecule has 1 atom stereocenters. The van der Waals surface area contributed by atoms with Gasteiger partial charge in [-0.25, -0.2) is 8.42 Å². The number of hydrogen-bond acceptors (Lipinski definition) is 4. The smallest absolute Gasteiger partial charge is 0.323 e. The molecule has 1 unspecified atom stereocenters. The topological polar surface area (TPSA) is 74.7 Å². The van der Waals surface area contributed by atoms with E-state index in [1.165, 1.54) is 6.26 Å². The second-order valence-corrected chi connectivity index (χ2v) is 6.56. The summed E-state index contributed by atoms with van der Waals surface area (Å²) in [4.78, 5) is 12.8. The molecule has 1 rings (SSSR count). The van der Waals surface area contributed by atoms with E-state index >= 15 is 0 Å². The molecule has 0 radical (unpaired) electrons. The van der Waals surface area contributed by atoms with Crippen LogP contribution in [0.1, 0.15) is 19.8 Å². The van der Waals surface area contributed by atoms with Crippen LogP contribution in [0.25, 0.3) is 0 Å². The van der Waals surface area contributed by atoms with Gasteiger partial charge in [-0.05, 0) is 26.3 Å². The molecule has 0 spiro atoms. The summed E-state index contributed by atoms with van der Waals surface area (Å²) in [6.07, 6.45) is 2.57. The molecule has 0 aromatic rings. The Morgan fingerprint density at radius 3 is 2.60 bits per heavy atom. The Hall–Kier alpha value is -0.620. The summed E-state index contributed by atoms with van der Waals surface area (Å²) in [5.41, 5.74) is -0.884. The first-order valence-electron chi connectivity index (χ1n) is 4.92. The molecular formula is C9H17NO4S. The maximum atomic E-state index is 11.1. The minimum Gasteiger partial charge on any atom is -0.480 e. The van der Waals surface area contributed by atoms with Crippen molar-refractivity contribution in [1.29, 1.82) is 0 Å².